The number of rotatable bonds is 3. The van der Waals surface area contributed by atoms with Gasteiger partial charge < -0.3 is 0 Å². The first-order valence-corrected chi connectivity index (χ1v) is 5.54. The molecule has 0 aliphatic rings. The minimum absolute atomic E-state index is 0.0318. The van der Waals surface area contributed by atoms with Gasteiger partial charge in [0.25, 0.3) is 5.69 Å². The summed E-state index contributed by atoms with van der Waals surface area (Å²) in [6, 6.07) is 9.33. The summed E-state index contributed by atoms with van der Waals surface area (Å²) in [6.45, 7) is 1.57. The van der Waals surface area contributed by atoms with Crippen LogP contribution in [0.15, 0.2) is 42.5 Å². The van der Waals surface area contributed by atoms with Gasteiger partial charge in [-0.25, -0.2) is 4.39 Å². The van der Waals surface area contributed by atoms with E-state index in [2.05, 4.69) is 0 Å². The fourth-order valence-corrected chi connectivity index (χ4v) is 1.77. The molecule has 0 aliphatic heterocycles. The molecule has 19 heavy (non-hydrogen) atoms. The molecule has 2 aromatic carbocycles. The number of nitro benzene ring substituents is 1. The summed E-state index contributed by atoms with van der Waals surface area (Å²) in [7, 11) is 0. The van der Waals surface area contributed by atoms with Crippen molar-refractivity contribution in [1.82, 2.24) is 0 Å². The van der Waals surface area contributed by atoms with E-state index in [0.717, 1.165) is 0 Å². The third-order valence-electron chi connectivity index (χ3n) is 2.76. The molecule has 0 amide bonds. The Kier molecular flexibility index (Phi) is 3.37. The molecule has 0 saturated carbocycles. The number of nitro groups is 1. The maximum absolute atomic E-state index is 12.8. The highest BCUT2D eigenvalue weighted by Gasteiger charge is 2.14. The molecule has 0 unspecified atom stereocenters. The first-order chi connectivity index (χ1) is 8.99. The van der Waals surface area contributed by atoms with E-state index in [4.69, 9.17) is 0 Å². The average Bonchev–Trinajstić information content (AvgIpc) is 2.38. The highest BCUT2D eigenvalue weighted by molar-refractivity contribution is 6.09. The lowest BCUT2D eigenvalue weighted by Crippen LogP contribution is -2.02. The van der Waals surface area contributed by atoms with Gasteiger partial charge >= 0.3 is 0 Å². The van der Waals surface area contributed by atoms with Gasteiger partial charge in [-0.2, -0.15) is 0 Å². The molecular formula is C14H10FNO3. The summed E-state index contributed by atoms with van der Waals surface area (Å²) >= 11 is 0. The molecule has 0 spiro atoms. The summed E-state index contributed by atoms with van der Waals surface area (Å²) in [4.78, 5) is 22.3. The third-order valence-corrected chi connectivity index (χ3v) is 2.76. The first kappa shape index (κ1) is 12.9. The van der Waals surface area contributed by atoms with Gasteiger partial charge in [0.2, 0.25) is 0 Å². The summed E-state index contributed by atoms with van der Waals surface area (Å²) < 4.78 is 12.8. The van der Waals surface area contributed by atoms with Crippen LogP contribution in [0.4, 0.5) is 10.1 Å². The molecule has 4 nitrogen and oxygen atoms in total. The van der Waals surface area contributed by atoms with Crippen molar-refractivity contribution in [2.45, 2.75) is 6.92 Å². The number of hydrogen-bond acceptors (Lipinski definition) is 3. The van der Waals surface area contributed by atoms with Crippen LogP contribution in [0.2, 0.25) is 0 Å². The van der Waals surface area contributed by atoms with Crippen molar-refractivity contribution in [3.63, 3.8) is 0 Å². The molecule has 0 aliphatic carbocycles. The van der Waals surface area contributed by atoms with Crippen LogP contribution in [-0.4, -0.2) is 10.7 Å². The smallest absolute Gasteiger partial charge is 0.272 e. The van der Waals surface area contributed by atoms with Crippen LogP contribution >= 0.6 is 0 Å². The molecule has 96 valence electrons. The number of halogens is 1. The zero-order valence-corrected chi connectivity index (χ0v) is 10.1. The molecule has 0 bridgehead atoms. The Hall–Kier alpha value is -2.56. The number of carbonyl (C=O) groups excluding carboxylic acids is 1. The number of carbonyl (C=O) groups is 1. The fraction of sp³-hybridized carbons (Fsp3) is 0.0714. The van der Waals surface area contributed by atoms with E-state index in [-0.39, 0.29) is 11.5 Å². The van der Waals surface area contributed by atoms with Crippen LogP contribution in [0.25, 0.3) is 0 Å². The molecular weight excluding hydrogens is 249 g/mol. The van der Waals surface area contributed by atoms with Crippen molar-refractivity contribution in [1.29, 1.82) is 0 Å². The van der Waals surface area contributed by atoms with Crippen molar-refractivity contribution in [3.05, 3.63) is 75.1 Å². The summed E-state index contributed by atoms with van der Waals surface area (Å²) in [6.07, 6.45) is 0. The Balaban J connectivity index is 2.37. The molecule has 5 heteroatoms. The monoisotopic (exact) mass is 259 g/mol. The van der Waals surface area contributed by atoms with Crippen molar-refractivity contribution in [2.75, 3.05) is 0 Å². The molecule has 0 aromatic heterocycles. The third kappa shape index (κ3) is 2.65. The van der Waals surface area contributed by atoms with E-state index in [1.54, 1.807) is 6.92 Å². The lowest BCUT2D eigenvalue weighted by Gasteiger charge is -2.03. The second-order valence-electron chi connectivity index (χ2n) is 4.09. The van der Waals surface area contributed by atoms with E-state index < -0.39 is 10.7 Å². The van der Waals surface area contributed by atoms with E-state index >= 15 is 0 Å². The normalized spacial score (nSPS) is 10.2. The fourth-order valence-electron chi connectivity index (χ4n) is 1.77. The zero-order chi connectivity index (χ0) is 14.0. The number of hydrogen-bond donors (Lipinski definition) is 0. The summed E-state index contributed by atoms with van der Waals surface area (Å²) in [5, 5.41) is 10.7. The highest BCUT2D eigenvalue weighted by Crippen LogP contribution is 2.20. The van der Waals surface area contributed by atoms with Gasteiger partial charge in [0.1, 0.15) is 5.82 Å². The number of nitrogens with zero attached hydrogens (tertiary/aromatic N) is 1. The van der Waals surface area contributed by atoms with E-state index in [0.29, 0.717) is 16.7 Å². The number of aryl methyl sites for hydroxylation is 1. The largest absolute Gasteiger partial charge is 0.289 e. The van der Waals surface area contributed by atoms with Crippen LogP contribution in [0.3, 0.4) is 0 Å². The number of benzene rings is 2. The molecule has 0 radical (unpaired) electrons. The molecule has 0 heterocycles. The second-order valence-corrected chi connectivity index (χ2v) is 4.09. The predicted molar refractivity (Wildman–Crippen MR) is 67.7 cm³/mol. The Morgan fingerprint density at radius 2 is 1.68 bits per heavy atom. The molecule has 0 fully saturated rings. The minimum Gasteiger partial charge on any atom is -0.289 e. The lowest BCUT2D eigenvalue weighted by atomic mass is 10.0. The molecule has 0 saturated heterocycles. The highest BCUT2D eigenvalue weighted by atomic mass is 19.1. The van der Waals surface area contributed by atoms with Gasteiger partial charge in [0.15, 0.2) is 5.78 Å². The van der Waals surface area contributed by atoms with Gasteiger partial charge in [-0.3, -0.25) is 14.9 Å². The van der Waals surface area contributed by atoms with Crippen molar-refractivity contribution in [2.24, 2.45) is 0 Å². The quantitative estimate of drug-likeness (QED) is 0.483. The minimum atomic E-state index is -0.499. The van der Waals surface area contributed by atoms with Gasteiger partial charge in [-0.05, 0) is 43.3 Å². The van der Waals surface area contributed by atoms with E-state index in [1.807, 2.05) is 0 Å². The van der Waals surface area contributed by atoms with Crippen molar-refractivity contribution >= 4 is 11.5 Å². The Bertz CT molecular complexity index is 650. The molecule has 2 rings (SSSR count). The van der Waals surface area contributed by atoms with Crippen molar-refractivity contribution in [3.8, 4) is 0 Å². The average molecular weight is 259 g/mol. The lowest BCUT2D eigenvalue weighted by molar-refractivity contribution is -0.385. The molecule has 2 aromatic rings. The molecule has 0 atom stereocenters. The zero-order valence-electron chi connectivity index (χ0n) is 10.1. The van der Waals surface area contributed by atoms with Gasteiger partial charge in [0.05, 0.1) is 4.92 Å². The van der Waals surface area contributed by atoms with Crippen LogP contribution in [-0.2, 0) is 0 Å². The standard InChI is InChI=1S/C14H10FNO3/c1-9-8-11(4-7-13(9)16(18)19)14(17)10-2-5-12(15)6-3-10/h2-8H,1H3. The Morgan fingerprint density at radius 3 is 2.21 bits per heavy atom. The first-order valence-electron chi connectivity index (χ1n) is 5.54. The topological polar surface area (TPSA) is 60.2 Å². The summed E-state index contributed by atoms with van der Waals surface area (Å²) in [5.41, 5.74) is 1.07. The van der Waals surface area contributed by atoms with Gasteiger partial charge in [0, 0.05) is 22.8 Å². The maximum atomic E-state index is 12.8. The predicted octanol–water partition coefficient (Wildman–Crippen LogP) is 3.27. The summed E-state index contributed by atoms with van der Waals surface area (Å²) in [5.74, 6) is -0.713. The van der Waals surface area contributed by atoms with Crippen LogP contribution in [0.5, 0.6) is 0 Å². The SMILES string of the molecule is Cc1cc(C(=O)c2ccc(F)cc2)ccc1[N+](=O)[O-]. The van der Waals surface area contributed by atoms with Crippen LogP contribution in [0.1, 0.15) is 21.5 Å². The van der Waals surface area contributed by atoms with Gasteiger partial charge in [-0.1, -0.05) is 0 Å². The van der Waals surface area contributed by atoms with E-state index in [1.165, 1.54) is 42.5 Å². The second kappa shape index (κ2) is 4.97. The molecule has 0 N–H and O–H groups in total. The maximum Gasteiger partial charge on any atom is 0.272 e. The number of ketones is 1. The van der Waals surface area contributed by atoms with Crippen LogP contribution in [0, 0.1) is 22.9 Å². The van der Waals surface area contributed by atoms with Crippen molar-refractivity contribution < 1.29 is 14.1 Å². The van der Waals surface area contributed by atoms with E-state index in [9.17, 15) is 19.3 Å². The Labute approximate surface area is 108 Å². The van der Waals surface area contributed by atoms with Gasteiger partial charge in [-0.15, -0.1) is 0 Å². The van der Waals surface area contributed by atoms with Crippen LogP contribution < -0.4 is 0 Å². The Morgan fingerprint density at radius 1 is 1.11 bits per heavy atom.